The molecular formula is C12H11Br5O2. The Balaban J connectivity index is 2.25. The molecule has 1 fully saturated rings. The van der Waals surface area contributed by atoms with E-state index in [-0.39, 0.29) is 5.41 Å². The lowest BCUT2D eigenvalue weighted by molar-refractivity contribution is -0.133. The molecule has 1 heterocycles. The van der Waals surface area contributed by atoms with Crippen LogP contribution in [-0.4, -0.2) is 19.8 Å². The molecule has 0 amide bonds. The lowest BCUT2D eigenvalue weighted by Crippen LogP contribution is -2.46. The zero-order valence-corrected chi connectivity index (χ0v) is 18.0. The van der Waals surface area contributed by atoms with Gasteiger partial charge < -0.3 is 9.47 Å². The van der Waals surface area contributed by atoms with Crippen molar-refractivity contribution in [3.05, 3.63) is 22.4 Å². The minimum absolute atomic E-state index is 0.158. The second-order valence-electron chi connectivity index (χ2n) is 4.53. The predicted molar refractivity (Wildman–Crippen MR) is 94.0 cm³/mol. The highest BCUT2D eigenvalue weighted by molar-refractivity contribution is 9.15. The van der Waals surface area contributed by atoms with Crippen molar-refractivity contribution in [1.29, 1.82) is 0 Å². The van der Waals surface area contributed by atoms with Gasteiger partial charge in [0.25, 0.3) is 0 Å². The van der Waals surface area contributed by atoms with Crippen LogP contribution in [0.3, 0.4) is 0 Å². The van der Waals surface area contributed by atoms with Crippen LogP contribution in [-0.2, 0) is 4.74 Å². The van der Waals surface area contributed by atoms with Crippen LogP contribution < -0.4 is 4.74 Å². The van der Waals surface area contributed by atoms with E-state index in [1.54, 1.807) is 0 Å². The minimum atomic E-state index is 0.158. The van der Waals surface area contributed by atoms with Crippen LogP contribution in [0.25, 0.3) is 0 Å². The van der Waals surface area contributed by atoms with Crippen molar-refractivity contribution in [2.45, 2.75) is 13.3 Å². The summed E-state index contributed by atoms with van der Waals surface area (Å²) in [6, 6.07) is 0. The molecule has 0 spiro atoms. The Bertz CT molecular complexity index is 465. The first-order chi connectivity index (χ1) is 8.92. The summed E-state index contributed by atoms with van der Waals surface area (Å²) in [6.07, 6.45) is 1.06. The van der Waals surface area contributed by atoms with Crippen molar-refractivity contribution in [2.75, 3.05) is 19.8 Å². The largest absolute Gasteiger partial charge is 0.490 e. The fraction of sp³-hybridized carbons (Fsp3) is 0.500. The molecule has 1 aromatic carbocycles. The monoisotopic (exact) mass is 582 g/mol. The molecule has 0 aliphatic carbocycles. The van der Waals surface area contributed by atoms with Crippen LogP contribution >= 0.6 is 79.6 Å². The van der Waals surface area contributed by atoms with Gasteiger partial charge in [-0.3, -0.25) is 0 Å². The zero-order chi connectivity index (χ0) is 14.2. The summed E-state index contributed by atoms with van der Waals surface area (Å²) in [7, 11) is 0. The highest BCUT2D eigenvalue weighted by atomic mass is 79.9. The summed E-state index contributed by atoms with van der Waals surface area (Å²) in [5, 5.41) is 0. The van der Waals surface area contributed by atoms with Crippen LogP contribution in [0, 0.1) is 5.41 Å². The third-order valence-electron chi connectivity index (χ3n) is 3.26. The van der Waals surface area contributed by atoms with Crippen LogP contribution in [0.1, 0.15) is 13.3 Å². The molecule has 0 atom stereocenters. The average molecular weight is 587 g/mol. The van der Waals surface area contributed by atoms with E-state index in [0.29, 0.717) is 6.61 Å². The van der Waals surface area contributed by atoms with Gasteiger partial charge in [0.2, 0.25) is 0 Å². The molecule has 1 saturated heterocycles. The third kappa shape index (κ3) is 3.26. The molecule has 0 saturated carbocycles. The molecule has 2 rings (SSSR count). The number of ether oxygens (including phenoxy) is 2. The second kappa shape index (κ2) is 6.65. The first kappa shape index (κ1) is 16.7. The Morgan fingerprint density at radius 1 is 0.947 bits per heavy atom. The van der Waals surface area contributed by atoms with Gasteiger partial charge >= 0.3 is 0 Å². The molecular weight excluding hydrogens is 576 g/mol. The van der Waals surface area contributed by atoms with Crippen molar-refractivity contribution in [3.63, 3.8) is 0 Å². The highest BCUT2D eigenvalue weighted by Crippen LogP contribution is 2.49. The van der Waals surface area contributed by atoms with E-state index in [9.17, 15) is 0 Å². The quantitative estimate of drug-likeness (QED) is 0.305. The lowest BCUT2D eigenvalue weighted by Gasteiger charge is -2.40. The van der Waals surface area contributed by atoms with Crippen molar-refractivity contribution < 1.29 is 9.47 Å². The molecule has 19 heavy (non-hydrogen) atoms. The minimum Gasteiger partial charge on any atom is -0.490 e. The summed E-state index contributed by atoms with van der Waals surface area (Å²) < 4.78 is 15.9. The summed E-state index contributed by atoms with van der Waals surface area (Å²) in [6.45, 7) is 4.37. The van der Waals surface area contributed by atoms with E-state index >= 15 is 0 Å². The molecule has 0 unspecified atom stereocenters. The number of rotatable bonds is 4. The van der Waals surface area contributed by atoms with Crippen LogP contribution in [0.15, 0.2) is 22.4 Å². The van der Waals surface area contributed by atoms with E-state index < -0.39 is 0 Å². The van der Waals surface area contributed by atoms with Gasteiger partial charge in [-0.1, -0.05) is 6.92 Å². The maximum Gasteiger partial charge on any atom is 0.150 e. The van der Waals surface area contributed by atoms with Crippen molar-refractivity contribution in [3.8, 4) is 5.75 Å². The summed E-state index contributed by atoms with van der Waals surface area (Å²) in [4.78, 5) is 0. The molecule has 7 heteroatoms. The molecule has 0 radical (unpaired) electrons. The molecule has 1 aliphatic heterocycles. The topological polar surface area (TPSA) is 18.5 Å². The van der Waals surface area contributed by atoms with Gasteiger partial charge in [-0.2, -0.15) is 0 Å². The second-order valence-corrected chi connectivity index (χ2v) is 8.50. The fourth-order valence-electron chi connectivity index (χ4n) is 1.72. The van der Waals surface area contributed by atoms with Crippen LogP contribution in [0.5, 0.6) is 5.75 Å². The van der Waals surface area contributed by atoms with E-state index in [1.165, 1.54) is 0 Å². The number of halogens is 5. The van der Waals surface area contributed by atoms with Crippen molar-refractivity contribution in [2.24, 2.45) is 5.41 Å². The van der Waals surface area contributed by atoms with E-state index in [2.05, 4.69) is 86.6 Å². The summed E-state index contributed by atoms with van der Waals surface area (Å²) in [5.41, 5.74) is 0.158. The van der Waals surface area contributed by atoms with Gasteiger partial charge in [0, 0.05) is 4.47 Å². The molecule has 2 nitrogen and oxygen atoms in total. The van der Waals surface area contributed by atoms with Crippen molar-refractivity contribution >= 4 is 79.6 Å². The van der Waals surface area contributed by atoms with E-state index in [0.717, 1.165) is 47.7 Å². The molecule has 0 N–H and O–H groups in total. The maximum absolute atomic E-state index is 6.03. The normalized spacial score (nSPS) is 17.2. The average Bonchev–Trinajstić information content (AvgIpc) is 2.36. The van der Waals surface area contributed by atoms with Gasteiger partial charge in [-0.25, -0.2) is 0 Å². The van der Waals surface area contributed by atoms with Gasteiger partial charge in [-0.05, 0) is 86.1 Å². The van der Waals surface area contributed by atoms with Crippen LogP contribution in [0.4, 0.5) is 0 Å². The Labute approximate surface area is 154 Å². The van der Waals surface area contributed by atoms with E-state index in [1.807, 2.05) is 0 Å². The van der Waals surface area contributed by atoms with Gasteiger partial charge in [0.1, 0.15) is 5.75 Å². The first-order valence-corrected chi connectivity index (χ1v) is 9.60. The third-order valence-corrected chi connectivity index (χ3v) is 9.28. The zero-order valence-electron chi connectivity index (χ0n) is 10.0. The SMILES string of the molecule is CCC1(COc2c(Br)c(Br)c(Br)c(Br)c2Br)COC1. The molecule has 106 valence electrons. The standard InChI is InChI=1S/C12H11Br5O2/c1-2-12(3-18-4-12)5-19-11-9(16)7(14)6(13)8(15)10(11)17/h2-5H2,1H3. The highest BCUT2D eigenvalue weighted by Gasteiger charge is 2.38. The maximum atomic E-state index is 6.03. The Hall–Kier alpha value is 1.38. The molecule has 0 aromatic heterocycles. The number of hydrogen-bond acceptors (Lipinski definition) is 2. The van der Waals surface area contributed by atoms with Crippen molar-refractivity contribution in [1.82, 2.24) is 0 Å². The smallest absolute Gasteiger partial charge is 0.150 e. The molecule has 1 aromatic rings. The van der Waals surface area contributed by atoms with Gasteiger partial charge in [0.05, 0.1) is 43.1 Å². The molecule has 1 aliphatic rings. The lowest BCUT2D eigenvalue weighted by atomic mass is 9.84. The summed E-state index contributed by atoms with van der Waals surface area (Å²) in [5.74, 6) is 0.793. The summed E-state index contributed by atoms with van der Waals surface area (Å²) >= 11 is 17.7. The molecule has 0 bridgehead atoms. The Morgan fingerprint density at radius 3 is 1.79 bits per heavy atom. The van der Waals surface area contributed by atoms with E-state index in [4.69, 9.17) is 9.47 Å². The van der Waals surface area contributed by atoms with Gasteiger partial charge in [0.15, 0.2) is 0 Å². The van der Waals surface area contributed by atoms with Gasteiger partial charge in [-0.15, -0.1) is 0 Å². The Kier molecular flexibility index (Phi) is 5.86. The van der Waals surface area contributed by atoms with Crippen LogP contribution in [0.2, 0.25) is 0 Å². The first-order valence-electron chi connectivity index (χ1n) is 5.64. The number of benzene rings is 1. The number of hydrogen-bond donors (Lipinski definition) is 0. The fourth-order valence-corrected chi connectivity index (χ4v) is 4.96. The predicted octanol–water partition coefficient (Wildman–Crippen LogP) is 6.30. The Morgan fingerprint density at radius 2 is 1.42 bits per heavy atom.